The summed E-state index contributed by atoms with van der Waals surface area (Å²) in [6.45, 7) is 3.12. The predicted molar refractivity (Wildman–Crippen MR) is 104 cm³/mol. The van der Waals surface area contributed by atoms with Gasteiger partial charge in [-0.3, -0.25) is 4.98 Å². The van der Waals surface area contributed by atoms with Crippen molar-refractivity contribution in [2.45, 2.75) is 20.1 Å². The van der Waals surface area contributed by atoms with Crippen LogP contribution in [-0.4, -0.2) is 29.2 Å². The van der Waals surface area contributed by atoms with Gasteiger partial charge in [-0.05, 0) is 42.3 Å². The van der Waals surface area contributed by atoms with Crippen molar-refractivity contribution in [2.75, 3.05) is 14.2 Å². The first-order valence-corrected chi connectivity index (χ1v) is 9.13. The van der Waals surface area contributed by atoms with Crippen LogP contribution in [0.1, 0.15) is 16.8 Å². The zero-order valence-corrected chi connectivity index (χ0v) is 15.8. The number of aryl methyl sites for hydroxylation is 1. The first-order chi connectivity index (χ1) is 12.7. The van der Waals surface area contributed by atoms with Crippen LogP contribution in [0.3, 0.4) is 0 Å². The van der Waals surface area contributed by atoms with Crippen LogP contribution in [0.5, 0.6) is 0 Å². The van der Waals surface area contributed by atoms with Gasteiger partial charge in [-0.25, -0.2) is 9.97 Å². The summed E-state index contributed by atoms with van der Waals surface area (Å²) in [6.07, 6.45) is 1.77. The summed E-state index contributed by atoms with van der Waals surface area (Å²) >= 11 is 1.67. The molecule has 4 aromatic rings. The van der Waals surface area contributed by atoms with Crippen LogP contribution >= 0.6 is 11.3 Å². The molecule has 0 unspecified atom stereocenters. The Bertz CT molecular complexity index is 1090. The summed E-state index contributed by atoms with van der Waals surface area (Å²) in [5.41, 5.74) is 6.85. The monoisotopic (exact) mass is 365 g/mol. The number of methoxy groups -OCH3 is 2. The predicted octanol–water partition coefficient (Wildman–Crippen LogP) is 4.51. The number of aromatic nitrogens is 3. The molecule has 2 aromatic carbocycles. The minimum atomic E-state index is 0.454. The SMILES string of the molecule is COCc1ccc2nc(-c3cc(C)cc4nc(COC)cnc34)sc2c1. The number of thiazole rings is 1. The number of hydrogen-bond donors (Lipinski definition) is 0. The number of benzene rings is 2. The average molecular weight is 365 g/mol. The van der Waals surface area contributed by atoms with Gasteiger partial charge >= 0.3 is 0 Å². The van der Waals surface area contributed by atoms with Crippen molar-refractivity contribution in [3.05, 3.63) is 53.3 Å². The van der Waals surface area contributed by atoms with E-state index in [1.807, 2.05) is 6.07 Å². The lowest BCUT2D eigenvalue weighted by Gasteiger charge is -2.06. The van der Waals surface area contributed by atoms with Crippen LogP contribution in [0.4, 0.5) is 0 Å². The quantitative estimate of drug-likeness (QED) is 0.521. The Labute approximate surface area is 155 Å². The highest BCUT2D eigenvalue weighted by molar-refractivity contribution is 7.21. The van der Waals surface area contributed by atoms with E-state index in [4.69, 9.17) is 14.5 Å². The topological polar surface area (TPSA) is 57.1 Å². The standard InChI is InChI=1S/C20H19N3O2S/c1-12-6-15(19-17(7-12)22-14(9-21-19)11-25-3)20-23-16-5-4-13(10-24-2)8-18(16)26-20/h4-9H,10-11H2,1-3H3. The number of ether oxygens (including phenoxy) is 2. The van der Waals surface area contributed by atoms with E-state index in [1.54, 1.807) is 31.8 Å². The fraction of sp³-hybridized carbons (Fsp3) is 0.250. The number of fused-ring (bicyclic) bond motifs is 2. The van der Waals surface area contributed by atoms with Gasteiger partial charge < -0.3 is 9.47 Å². The van der Waals surface area contributed by atoms with Crippen LogP contribution in [0, 0.1) is 6.92 Å². The molecule has 0 aliphatic heterocycles. The Morgan fingerprint density at radius 3 is 2.62 bits per heavy atom. The van der Waals surface area contributed by atoms with E-state index in [2.05, 4.69) is 41.2 Å². The van der Waals surface area contributed by atoms with E-state index < -0.39 is 0 Å². The maximum absolute atomic E-state index is 5.23. The molecule has 5 nitrogen and oxygen atoms in total. The van der Waals surface area contributed by atoms with Crippen LogP contribution in [0.15, 0.2) is 36.5 Å². The Hall–Kier alpha value is -2.41. The van der Waals surface area contributed by atoms with Gasteiger partial charge in [0.15, 0.2) is 0 Å². The molecule has 2 aromatic heterocycles. The summed E-state index contributed by atoms with van der Waals surface area (Å²) in [6, 6.07) is 10.4. The van der Waals surface area contributed by atoms with Crippen LogP contribution in [-0.2, 0) is 22.7 Å². The molecule has 0 fully saturated rings. The van der Waals surface area contributed by atoms with Crippen LogP contribution in [0.2, 0.25) is 0 Å². The number of rotatable bonds is 5. The molecular weight excluding hydrogens is 346 g/mol. The molecule has 0 radical (unpaired) electrons. The minimum absolute atomic E-state index is 0.454. The van der Waals surface area contributed by atoms with Crippen molar-refractivity contribution in [3.63, 3.8) is 0 Å². The zero-order chi connectivity index (χ0) is 18.1. The van der Waals surface area contributed by atoms with E-state index >= 15 is 0 Å². The second-order valence-corrected chi connectivity index (χ2v) is 7.26. The molecule has 0 N–H and O–H groups in total. The van der Waals surface area contributed by atoms with Gasteiger partial charge in [0.2, 0.25) is 0 Å². The fourth-order valence-corrected chi connectivity index (χ4v) is 4.07. The molecule has 0 atom stereocenters. The third-order valence-electron chi connectivity index (χ3n) is 4.13. The van der Waals surface area contributed by atoms with Crippen molar-refractivity contribution in [1.82, 2.24) is 15.0 Å². The van der Waals surface area contributed by atoms with E-state index in [0.717, 1.165) is 48.6 Å². The Morgan fingerprint density at radius 2 is 1.81 bits per heavy atom. The molecular formula is C20H19N3O2S. The van der Waals surface area contributed by atoms with Gasteiger partial charge in [-0.15, -0.1) is 11.3 Å². The smallest absolute Gasteiger partial charge is 0.126 e. The highest BCUT2D eigenvalue weighted by Crippen LogP contribution is 2.34. The molecule has 132 valence electrons. The van der Waals surface area contributed by atoms with Crippen molar-refractivity contribution < 1.29 is 9.47 Å². The van der Waals surface area contributed by atoms with E-state index in [9.17, 15) is 0 Å². The fourth-order valence-electron chi connectivity index (χ4n) is 3.02. The van der Waals surface area contributed by atoms with Crippen LogP contribution < -0.4 is 0 Å². The molecule has 0 bridgehead atoms. The van der Waals surface area contributed by atoms with Gasteiger partial charge in [0, 0.05) is 19.8 Å². The largest absolute Gasteiger partial charge is 0.380 e. The lowest BCUT2D eigenvalue weighted by molar-refractivity contribution is 0.181. The molecule has 0 spiro atoms. The summed E-state index contributed by atoms with van der Waals surface area (Å²) in [4.78, 5) is 14.1. The summed E-state index contributed by atoms with van der Waals surface area (Å²) in [5.74, 6) is 0. The van der Waals surface area contributed by atoms with Gasteiger partial charge in [-0.2, -0.15) is 0 Å². The zero-order valence-electron chi connectivity index (χ0n) is 14.9. The highest BCUT2D eigenvalue weighted by atomic mass is 32.1. The first kappa shape index (κ1) is 17.0. The van der Waals surface area contributed by atoms with Gasteiger partial charge in [0.05, 0.1) is 46.4 Å². The maximum Gasteiger partial charge on any atom is 0.126 e. The molecule has 26 heavy (non-hydrogen) atoms. The van der Waals surface area contributed by atoms with Crippen molar-refractivity contribution in [1.29, 1.82) is 0 Å². The van der Waals surface area contributed by atoms with Gasteiger partial charge in [0.25, 0.3) is 0 Å². The van der Waals surface area contributed by atoms with Crippen molar-refractivity contribution >= 4 is 32.6 Å². The molecule has 0 amide bonds. The van der Waals surface area contributed by atoms with Crippen molar-refractivity contribution in [3.8, 4) is 10.6 Å². The average Bonchev–Trinajstić information content (AvgIpc) is 3.04. The number of nitrogens with zero attached hydrogens (tertiary/aromatic N) is 3. The minimum Gasteiger partial charge on any atom is -0.380 e. The van der Waals surface area contributed by atoms with E-state index in [-0.39, 0.29) is 0 Å². The molecule has 6 heteroatoms. The van der Waals surface area contributed by atoms with Gasteiger partial charge in [-0.1, -0.05) is 6.07 Å². The van der Waals surface area contributed by atoms with E-state index in [1.165, 1.54) is 0 Å². The third-order valence-corrected chi connectivity index (χ3v) is 5.18. The number of hydrogen-bond acceptors (Lipinski definition) is 6. The Morgan fingerprint density at radius 1 is 0.962 bits per heavy atom. The Balaban J connectivity index is 1.86. The summed E-state index contributed by atoms with van der Waals surface area (Å²) < 4.78 is 11.5. The second-order valence-electron chi connectivity index (χ2n) is 6.23. The maximum atomic E-state index is 5.23. The van der Waals surface area contributed by atoms with Crippen molar-refractivity contribution in [2.24, 2.45) is 0 Å². The Kier molecular flexibility index (Phi) is 4.63. The third kappa shape index (κ3) is 3.19. The van der Waals surface area contributed by atoms with E-state index in [0.29, 0.717) is 13.2 Å². The second kappa shape index (κ2) is 7.07. The molecule has 0 aliphatic carbocycles. The molecule has 0 aliphatic rings. The summed E-state index contributed by atoms with van der Waals surface area (Å²) in [5, 5.41) is 0.956. The normalized spacial score (nSPS) is 11.5. The molecule has 4 rings (SSSR count). The highest BCUT2D eigenvalue weighted by Gasteiger charge is 2.13. The molecule has 2 heterocycles. The lowest BCUT2D eigenvalue weighted by Crippen LogP contribution is -1.96. The molecule has 0 saturated carbocycles. The summed E-state index contributed by atoms with van der Waals surface area (Å²) in [7, 11) is 3.37. The van der Waals surface area contributed by atoms with Gasteiger partial charge in [0.1, 0.15) is 5.01 Å². The molecule has 0 saturated heterocycles. The van der Waals surface area contributed by atoms with Crippen LogP contribution in [0.25, 0.3) is 31.8 Å². The lowest BCUT2D eigenvalue weighted by atomic mass is 10.1. The first-order valence-electron chi connectivity index (χ1n) is 8.32.